The molecule has 228 valence electrons. The van der Waals surface area contributed by atoms with Crippen LogP contribution in [-0.4, -0.2) is 11.6 Å². The van der Waals surface area contributed by atoms with E-state index in [4.69, 9.17) is 0 Å². The molecule has 0 amide bonds. The van der Waals surface area contributed by atoms with Gasteiger partial charge in [-0.3, -0.25) is 9.59 Å². The number of ketones is 2. The first-order valence-electron chi connectivity index (χ1n) is 16.7. The van der Waals surface area contributed by atoms with E-state index in [2.05, 4.69) is 84.9 Å². The number of hydrogen-bond acceptors (Lipinski definition) is 2. The summed E-state index contributed by atoms with van der Waals surface area (Å²) >= 11 is 0. The summed E-state index contributed by atoms with van der Waals surface area (Å²) in [5.41, 5.74) is 9.03. The van der Waals surface area contributed by atoms with Gasteiger partial charge < -0.3 is 0 Å². The zero-order valence-electron chi connectivity index (χ0n) is 26.3. The van der Waals surface area contributed by atoms with Crippen LogP contribution < -0.4 is 0 Å². The van der Waals surface area contributed by atoms with Crippen molar-refractivity contribution in [3.05, 3.63) is 203 Å². The summed E-state index contributed by atoms with van der Waals surface area (Å²) in [5, 5.41) is 1.96. The van der Waals surface area contributed by atoms with Crippen LogP contribution in [0.1, 0.15) is 54.8 Å². The van der Waals surface area contributed by atoms with Crippen molar-refractivity contribution in [2.24, 2.45) is 11.8 Å². The lowest BCUT2D eigenvalue weighted by atomic mass is 9.53. The summed E-state index contributed by atoms with van der Waals surface area (Å²) in [4.78, 5) is 31.7. The van der Waals surface area contributed by atoms with Gasteiger partial charge in [-0.1, -0.05) is 170 Å². The molecule has 2 aliphatic rings. The Kier molecular flexibility index (Phi) is 6.76. The Hall–Kier alpha value is -5.86. The number of fused-ring (bicyclic) bond motifs is 4. The van der Waals surface area contributed by atoms with Gasteiger partial charge in [0.2, 0.25) is 0 Å². The van der Waals surface area contributed by atoms with Crippen molar-refractivity contribution < 1.29 is 9.59 Å². The van der Waals surface area contributed by atoms with Gasteiger partial charge in [0, 0.05) is 45.9 Å². The first-order chi connectivity index (χ1) is 23.7. The molecule has 0 spiro atoms. The van der Waals surface area contributed by atoms with Crippen molar-refractivity contribution in [2.75, 3.05) is 0 Å². The third-order valence-corrected chi connectivity index (χ3v) is 10.5. The average molecular weight is 617 g/mol. The average Bonchev–Trinajstić information content (AvgIpc) is 3.16. The highest BCUT2D eigenvalue weighted by Crippen LogP contribution is 2.58. The van der Waals surface area contributed by atoms with Crippen LogP contribution in [0.3, 0.4) is 0 Å². The van der Waals surface area contributed by atoms with Gasteiger partial charge in [0.25, 0.3) is 0 Å². The Balaban J connectivity index is 1.44. The second kappa shape index (κ2) is 11.4. The van der Waals surface area contributed by atoms with Gasteiger partial charge in [0.1, 0.15) is 0 Å². The van der Waals surface area contributed by atoms with E-state index in [1.54, 1.807) is 0 Å². The lowest BCUT2D eigenvalue weighted by molar-refractivity contribution is 0.0684. The van der Waals surface area contributed by atoms with E-state index < -0.39 is 11.8 Å². The minimum Gasteiger partial charge on any atom is -0.294 e. The molecule has 0 N–H and O–H groups in total. The second-order valence-electron chi connectivity index (χ2n) is 13.0. The van der Waals surface area contributed by atoms with Crippen LogP contribution in [0.15, 0.2) is 170 Å². The molecule has 0 fully saturated rings. The van der Waals surface area contributed by atoms with Crippen molar-refractivity contribution in [3.63, 3.8) is 0 Å². The fraction of sp³-hybridized carbons (Fsp3) is 0.0870. The standard InChI is InChI=1S/C46H32O2/c47-45-41-37(29-17-5-1-6-18-29)33-25-13-14-26-34(33)38(30-19-7-2-8-20-30)42(41)46(48)44-40(32-23-11-4-12-24-32)36-28-16-15-27-35(36)39(43(44)45)31-21-9-3-10-22-31/h1-28,37-38,41-42H/t37-,38+,41-,42+. The Morgan fingerprint density at radius 3 is 1.00 bits per heavy atom. The molecule has 48 heavy (non-hydrogen) atoms. The van der Waals surface area contributed by atoms with Gasteiger partial charge in [0.05, 0.1) is 0 Å². The van der Waals surface area contributed by atoms with Crippen LogP contribution in [0, 0.1) is 11.8 Å². The predicted molar refractivity (Wildman–Crippen MR) is 193 cm³/mol. The molecular formula is C46H32O2. The lowest BCUT2D eigenvalue weighted by Crippen LogP contribution is -2.47. The van der Waals surface area contributed by atoms with E-state index in [0.29, 0.717) is 11.1 Å². The molecule has 0 unspecified atom stereocenters. The number of carbonyl (C=O) groups excluding carboxylic acids is 2. The number of hydrogen-bond donors (Lipinski definition) is 0. The summed E-state index contributed by atoms with van der Waals surface area (Å²) in [7, 11) is 0. The van der Waals surface area contributed by atoms with Gasteiger partial charge >= 0.3 is 0 Å². The number of benzene rings is 7. The summed E-state index contributed by atoms with van der Waals surface area (Å²) in [6, 6.07) is 57.6. The van der Waals surface area contributed by atoms with E-state index in [0.717, 1.165) is 55.3 Å². The largest absolute Gasteiger partial charge is 0.294 e. The maximum Gasteiger partial charge on any atom is 0.169 e. The number of carbonyl (C=O) groups is 2. The van der Waals surface area contributed by atoms with Crippen LogP contribution in [0.4, 0.5) is 0 Å². The van der Waals surface area contributed by atoms with Crippen LogP contribution in [0.5, 0.6) is 0 Å². The molecule has 4 atom stereocenters. The van der Waals surface area contributed by atoms with Crippen LogP contribution in [0.25, 0.3) is 33.0 Å². The predicted octanol–water partition coefficient (Wildman–Crippen LogP) is 10.8. The molecule has 2 aliphatic carbocycles. The number of Topliss-reactive ketones (excluding diaryl/α,β-unsaturated/α-hetero) is 2. The molecule has 9 rings (SSSR count). The molecular weight excluding hydrogens is 585 g/mol. The van der Waals surface area contributed by atoms with Crippen LogP contribution >= 0.6 is 0 Å². The van der Waals surface area contributed by atoms with Crippen LogP contribution in [0.2, 0.25) is 0 Å². The van der Waals surface area contributed by atoms with Crippen molar-refractivity contribution in [2.45, 2.75) is 11.8 Å². The van der Waals surface area contributed by atoms with E-state index in [1.165, 1.54) is 0 Å². The van der Waals surface area contributed by atoms with Gasteiger partial charge in [-0.2, -0.15) is 0 Å². The fourth-order valence-electron chi connectivity index (χ4n) is 8.68. The molecule has 0 saturated carbocycles. The van der Waals surface area contributed by atoms with E-state index in [1.807, 2.05) is 84.9 Å². The first kappa shape index (κ1) is 28.4. The summed E-state index contributed by atoms with van der Waals surface area (Å²) in [6.07, 6.45) is 0. The molecule has 0 saturated heterocycles. The SMILES string of the molecule is O=C1c2c(c(-c3ccccc3)c3ccccc3c2-c2ccccc2)C(=O)[C@H]2[C@@H](c3ccccc3)c3ccccc3[C@@H](c3ccccc3)[C@@H]12. The Labute approximate surface area is 280 Å². The highest BCUT2D eigenvalue weighted by atomic mass is 16.1. The maximum absolute atomic E-state index is 15.8. The number of rotatable bonds is 4. The molecule has 2 heteroatoms. The van der Waals surface area contributed by atoms with Crippen molar-refractivity contribution >= 4 is 22.3 Å². The van der Waals surface area contributed by atoms with Crippen LogP contribution in [-0.2, 0) is 0 Å². The maximum atomic E-state index is 15.8. The highest BCUT2D eigenvalue weighted by Gasteiger charge is 2.55. The second-order valence-corrected chi connectivity index (χ2v) is 13.0. The highest BCUT2D eigenvalue weighted by molar-refractivity contribution is 6.28. The van der Waals surface area contributed by atoms with Gasteiger partial charge in [0.15, 0.2) is 11.6 Å². The first-order valence-corrected chi connectivity index (χ1v) is 16.7. The van der Waals surface area contributed by atoms with Gasteiger partial charge in [-0.05, 0) is 44.2 Å². The molecule has 7 aromatic carbocycles. The molecule has 0 bridgehead atoms. The van der Waals surface area contributed by atoms with Crippen molar-refractivity contribution in [3.8, 4) is 22.3 Å². The van der Waals surface area contributed by atoms with E-state index >= 15 is 9.59 Å². The quantitative estimate of drug-likeness (QED) is 0.197. The van der Waals surface area contributed by atoms with Crippen molar-refractivity contribution in [1.29, 1.82) is 0 Å². The molecule has 0 radical (unpaired) electrons. The molecule has 0 heterocycles. The Morgan fingerprint density at radius 1 is 0.312 bits per heavy atom. The monoisotopic (exact) mass is 616 g/mol. The Morgan fingerprint density at radius 2 is 0.625 bits per heavy atom. The lowest BCUT2D eigenvalue weighted by Gasteiger charge is -2.46. The third-order valence-electron chi connectivity index (χ3n) is 10.5. The normalized spacial score (nSPS) is 19.8. The summed E-state index contributed by atoms with van der Waals surface area (Å²) in [6.45, 7) is 0. The third kappa shape index (κ3) is 4.26. The molecule has 0 aliphatic heterocycles. The fourth-order valence-corrected chi connectivity index (χ4v) is 8.68. The molecule has 2 nitrogen and oxygen atoms in total. The van der Waals surface area contributed by atoms with E-state index in [9.17, 15) is 0 Å². The van der Waals surface area contributed by atoms with Crippen molar-refractivity contribution in [1.82, 2.24) is 0 Å². The molecule has 7 aromatic rings. The zero-order valence-corrected chi connectivity index (χ0v) is 26.3. The smallest absolute Gasteiger partial charge is 0.169 e. The summed E-state index contributed by atoms with van der Waals surface area (Å²) < 4.78 is 0. The minimum atomic E-state index is -0.584. The topological polar surface area (TPSA) is 34.1 Å². The zero-order chi connectivity index (χ0) is 32.2. The van der Waals surface area contributed by atoms with Gasteiger partial charge in [-0.25, -0.2) is 0 Å². The van der Waals surface area contributed by atoms with E-state index in [-0.39, 0.29) is 23.4 Å². The van der Waals surface area contributed by atoms with Gasteiger partial charge in [-0.15, -0.1) is 0 Å². The minimum absolute atomic E-state index is 0.0423. The Bertz CT molecular complexity index is 2160. The summed E-state index contributed by atoms with van der Waals surface area (Å²) in [5.74, 6) is -1.62. The molecule has 0 aromatic heterocycles.